The third kappa shape index (κ3) is 2.50. The fourth-order valence-electron chi connectivity index (χ4n) is 3.41. The molecule has 1 heterocycles. The van der Waals surface area contributed by atoms with Gasteiger partial charge in [-0.05, 0) is 42.9 Å². The Hall–Kier alpha value is -2.34. The summed E-state index contributed by atoms with van der Waals surface area (Å²) in [6.07, 6.45) is 3.98. The van der Waals surface area contributed by atoms with E-state index in [1.807, 2.05) is 24.3 Å². The van der Waals surface area contributed by atoms with Gasteiger partial charge in [-0.1, -0.05) is 37.3 Å². The first kappa shape index (κ1) is 13.6. The Balaban J connectivity index is 2.06. The molecule has 0 radical (unpaired) electrons. The van der Waals surface area contributed by atoms with E-state index in [2.05, 4.69) is 24.0 Å². The summed E-state index contributed by atoms with van der Waals surface area (Å²) in [6, 6.07) is 14.1. The maximum Gasteiger partial charge on any atom is 0.266 e. The quantitative estimate of drug-likeness (QED) is 0.917. The van der Waals surface area contributed by atoms with Crippen molar-refractivity contribution in [2.45, 2.75) is 38.0 Å². The number of aromatic amines is 1. The average Bonchev–Trinajstić information content (AvgIpc) is 2.49. The van der Waals surface area contributed by atoms with Crippen molar-refractivity contribution < 1.29 is 0 Å². The van der Waals surface area contributed by atoms with Crippen molar-refractivity contribution >= 4 is 0 Å². The number of H-pyrrole nitrogens is 1. The molecule has 1 atom stereocenters. The molecule has 21 heavy (non-hydrogen) atoms. The lowest BCUT2D eigenvalue weighted by Crippen LogP contribution is -2.34. The molecule has 106 valence electrons. The van der Waals surface area contributed by atoms with Crippen LogP contribution in [-0.4, -0.2) is 4.98 Å². The van der Waals surface area contributed by atoms with E-state index in [4.69, 9.17) is 5.26 Å². The zero-order valence-electron chi connectivity index (χ0n) is 12.1. The van der Waals surface area contributed by atoms with Gasteiger partial charge in [-0.15, -0.1) is 0 Å². The van der Waals surface area contributed by atoms with Gasteiger partial charge in [0.15, 0.2) is 0 Å². The van der Waals surface area contributed by atoms with E-state index in [1.165, 1.54) is 5.56 Å². The van der Waals surface area contributed by atoms with E-state index in [-0.39, 0.29) is 16.5 Å². The van der Waals surface area contributed by atoms with Gasteiger partial charge in [0.05, 0.1) is 0 Å². The molecule has 1 aliphatic carbocycles. The lowest BCUT2D eigenvalue weighted by molar-refractivity contribution is 0.378. The summed E-state index contributed by atoms with van der Waals surface area (Å²) in [7, 11) is 0. The molecule has 1 unspecified atom stereocenters. The van der Waals surface area contributed by atoms with Gasteiger partial charge in [0.25, 0.3) is 5.56 Å². The molecule has 1 aromatic carbocycles. The number of aryl methyl sites for hydroxylation is 1. The fourth-order valence-corrected chi connectivity index (χ4v) is 3.41. The standard InChI is InChI=1S/C18H18N2O/c1-18(11-13-6-3-2-4-7-13)9-5-8-14-10-15(12-19)17(21)20-16(14)18/h2-4,6-7,10H,5,8-9,11H2,1H3,(H,20,21). The van der Waals surface area contributed by atoms with Crippen LogP contribution in [0.1, 0.15) is 42.1 Å². The van der Waals surface area contributed by atoms with Crippen LogP contribution in [-0.2, 0) is 18.3 Å². The first-order valence-electron chi connectivity index (χ1n) is 7.33. The van der Waals surface area contributed by atoms with E-state index in [0.717, 1.165) is 36.9 Å². The Labute approximate surface area is 124 Å². The van der Waals surface area contributed by atoms with Crippen LogP contribution in [0.15, 0.2) is 41.2 Å². The number of fused-ring (bicyclic) bond motifs is 1. The Morgan fingerprint density at radius 1 is 1.33 bits per heavy atom. The number of nitrogens with zero attached hydrogens (tertiary/aromatic N) is 1. The van der Waals surface area contributed by atoms with E-state index in [1.54, 1.807) is 6.07 Å². The smallest absolute Gasteiger partial charge is 0.266 e. The van der Waals surface area contributed by atoms with Gasteiger partial charge < -0.3 is 4.98 Å². The second-order valence-corrected chi connectivity index (χ2v) is 6.10. The van der Waals surface area contributed by atoms with Gasteiger partial charge in [-0.3, -0.25) is 4.79 Å². The first-order valence-corrected chi connectivity index (χ1v) is 7.33. The van der Waals surface area contributed by atoms with Crippen LogP contribution in [0.3, 0.4) is 0 Å². The van der Waals surface area contributed by atoms with Gasteiger partial charge >= 0.3 is 0 Å². The van der Waals surface area contributed by atoms with Crippen molar-refractivity contribution in [2.24, 2.45) is 0 Å². The molecule has 3 nitrogen and oxygen atoms in total. The summed E-state index contributed by atoms with van der Waals surface area (Å²) < 4.78 is 0. The van der Waals surface area contributed by atoms with Crippen LogP contribution in [0.4, 0.5) is 0 Å². The van der Waals surface area contributed by atoms with Crippen molar-refractivity contribution in [1.29, 1.82) is 5.26 Å². The second kappa shape index (κ2) is 5.21. The van der Waals surface area contributed by atoms with E-state index in [9.17, 15) is 4.79 Å². The van der Waals surface area contributed by atoms with Crippen LogP contribution in [0.2, 0.25) is 0 Å². The van der Waals surface area contributed by atoms with Crippen molar-refractivity contribution in [2.75, 3.05) is 0 Å². The van der Waals surface area contributed by atoms with Crippen LogP contribution in [0, 0.1) is 11.3 Å². The number of nitrogens with one attached hydrogen (secondary N) is 1. The van der Waals surface area contributed by atoms with Gasteiger partial charge in [-0.25, -0.2) is 0 Å². The van der Waals surface area contributed by atoms with Gasteiger partial charge in [0.1, 0.15) is 11.6 Å². The molecular weight excluding hydrogens is 260 g/mol. The SMILES string of the molecule is CC1(Cc2ccccc2)CCCc2cc(C#N)c(=O)[nH]c21. The third-order valence-electron chi connectivity index (χ3n) is 4.46. The zero-order valence-corrected chi connectivity index (χ0v) is 12.1. The van der Waals surface area contributed by atoms with Gasteiger partial charge in [0, 0.05) is 11.1 Å². The van der Waals surface area contributed by atoms with Crippen LogP contribution in [0.5, 0.6) is 0 Å². The van der Waals surface area contributed by atoms with Crippen LogP contribution < -0.4 is 5.56 Å². The van der Waals surface area contributed by atoms with Crippen molar-refractivity contribution in [3.8, 4) is 6.07 Å². The third-order valence-corrected chi connectivity index (χ3v) is 4.46. The van der Waals surface area contributed by atoms with E-state index in [0.29, 0.717) is 0 Å². The molecule has 1 aliphatic rings. The molecule has 0 saturated heterocycles. The molecule has 3 rings (SSSR count). The summed E-state index contributed by atoms with van der Waals surface area (Å²) in [5.41, 5.74) is 3.30. The minimum absolute atomic E-state index is 0.0674. The second-order valence-electron chi connectivity index (χ2n) is 6.10. The highest BCUT2D eigenvalue weighted by molar-refractivity contribution is 5.39. The molecule has 1 aromatic heterocycles. The molecule has 0 saturated carbocycles. The van der Waals surface area contributed by atoms with Crippen molar-refractivity contribution in [3.63, 3.8) is 0 Å². The Bertz CT molecular complexity index is 755. The van der Waals surface area contributed by atoms with Crippen molar-refractivity contribution in [1.82, 2.24) is 4.98 Å². The Morgan fingerprint density at radius 2 is 2.10 bits per heavy atom. The van der Waals surface area contributed by atoms with E-state index < -0.39 is 0 Å². The highest BCUT2D eigenvalue weighted by Gasteiger charge is 2.33. The lowest BCUT2D eigenvalue weighted by atomic mass is 9.70. The zero-order chi connectivity index (χ0) is 14.9. The first-order chi connectivity index (χ1) is 10.1. The summed E-state index contributed by atoms with van der Waals surface area (Å²) >= 11 is 0. The maximum atomic E-state index is 12.0. The number of hydrogen-bond donors (Lipinski definition) is 1. The topological polar surface area (TPSA) is 56.6 Å². The number of aromatic nitrogens is 1. The number of hydrogen-bond acceptors (Lipinski definition) is 2. The molecule has 0 amide bonds. The minimum atomic E-state index is -0.266. The minimum Gasteiger partial charge on any atom is -0.324 e. The molecule has 0 aliphatic heterocycles. The summed E-state index contributed by atoms with van der Waals surface area (Å²) in [5.74, 6) is 0. The average molecular weight is 278 g/mol. The Kier molecular flexibility index (Phi) is 3.39. The summed E-state index contributed by atoms with van der Waals surface area (Å²) in [6.45, 7) is 2.21. The van der Waals surface area contributed by atoms with Gasteiger partial charge in [-0.2, -0.15) is 5.26 Å². The highest BCUT2D eigenvalue weighted by atomic mass is 16.1. The molecule has 0 bridgehead atoms. The molecule has 0 spiro atoms. The van der Waals surface area contributed by atoms with Crippen LogP contribution >= 0.6 is 0 Å². The fraction of sp³-hybridized carbons (Fsp3) is 0.333. The molecule has 1 N–H and O–H groups in total. The van der Waals surface area contributed by atoms with Crippen molar-refractivity contribution in [3.05, 3.63) is 69.1 Å². The molecular formula is C18H18N2O. The molecule has 0 fully saturated rings. The molecule has 2 aromatic rings. The normalized spacial score (nSPS) is 20.6. The highest BCUT2D eigenvalue weighted by Crippen LogP contribution is 2.38. The number of rotatable bonds is 2. The summed E-state index contributed by atoms with van der Waals surface area (Å²) in [5, 5.41) is 9.02. The van der Waals surface area contributed by atoms with Crippen LogP contribution in [0.25, 0.3) is 0 Å². The summed E-state index contributed by atoms with van der Waals surface area (Å²) in [4.78, 5) is 15.0. The number of nitriles is 1. The van der Waals surface area contributed by atoms with Gasteiger partial charge in [0.2, 0.25) is 0 Å². The number of pyridine rings is 1. The largest absolute Gasteiger partial charge is 0.324 e. The number of benzene rings is 1. The maximum absolute atomic E-state index is 12.0. The molecule has 3 heteroatoms. The lowest BCUT2D eigenvalue weighted by Gasteiger charge is -2.35. The van der Waals surface area contributed by atoms with E-state index >= 15 is 0 Å². The monoisotopic (exact) mass is 278 g/mol. The Morgan fingerprint density at radius 3 is 2.81 bits per heavy atom. The predicted octanol–water partition coefficient (Wildman–Crippen LogP) is 3.08. The predicted molar refractivity (Wildman–Crippen MR) is 82.2 cm³/mol.